The fourth-order valence-electron chi connectivity index (χ4n) is 3.71. The number of nitrogens with two attached hydrogens (primary N) is 1. The van der Waals surface area contributed by atoms with Crippen LogP contribution in [0.15, 0.2) is 61.6 Å². The molecule has 0 atom stereocenters. The van der Waals surface area contributed by atoms with Crippen LogP contribution >= 0.6 is 0 Å². The summed E-state index contributed by atoms with van der Waals surface area (Å²) in [5.74, 6) is -0.129. The van der Waals surface area contributed by atoms with E-state index in [9.17, 15) is 0 Å². The molecule has 9 nitrogen and oxygen atoms in total. The number of anilines is 1. The predicted molar refractivity (Wildman–Crippen MR) is 118 cm³/mol. The first-order valence-corrected chi connectivity index (χ1v) is 9.67. The van der Waals surface area contributed by atoms with E-state index in [0.29, 0.717) is 39.3 Å². The summed E-state index contributed by atoms with van der Waals surface area (Å²) in [6.07, 6.45) is 11.4. The number of H-pyrrole nitrogens is 2. The summed E-state index contributed by atoms with van der Waals surface area (Å²) >= 11 is 0. The number of nitrogen functional groups attached to an aromatic ring is 1. The molecule has 0 aliphatic rings. The molecule has 0 spiro atoms. The van der Waals surface area contributed by atoms with Crippen molar-refractivity contribution in [2.24, 2.45) is 0 Å². The second-order valence-corrected chi connectivity index (χ2v) is 7.20. The van der Waals surface area contributed by atoms with Crippen LogP contribution in [0.4, 0.5) is 10.1 Å². The highest BCUT2D eigenvalue weighted by atomic mass is 19.1. The van der Waals surface area contributed by atoms with Gasteiger partial charge in [0.05, 0.1) is 34.5 Å². The molecule has 6 aromatic heterocycles. The molecule has 4 N–H and O–H groups in total. The largest absolute Gasteiger partial charge is 0.397 e. The highest BCUT2D eigenvalue weighted by Crippen LogP contribution is 2.34. The zero-order valence-electron chi connectivity index (χ0n) is 16.4. The maximum Gasteiger partial charge on any atom is 0.161 e. The van der Waals surface area contributed by atoms with E-state index in [1.54, 1.807) is 30.9 Å². The Hall–Kier alpha value is -4.73. The van der Waals surface area contributed by atoms with Crippen molar-refractivity contribution in [2.75, 3.05) is 5.73 Å². The number of imidazole rings is 1. The van der Waals surface area contributed by atoms with Crippen molar-refractivity contribution in [1.82, 2.24) is 40.1 Å². The monoisotopic (exact) mass is 423 g/mol. The molecule has 0 saturated carbocycles. The van der Waals surface area contributed by atoms with E-state index in [-0.39, 0.29) is 11.1 Å². The van der Waals surface area contributed by atoms with Crippen LogP contribution in [0.2, 0.25) is 0 Å². The lowest BCUT2D eigenvalue weighted by Crippen LogP contribution is -1.94. The smallest absolute Gasteiger partial charge is 0.161 e. The lowest BCUT2D eigenvalue weighted by atomic mass is 10.1. The number of aromatic amines is 2. The molecular formula is C22H14FN9. The summed E-state index contributed by atoms with van der Waals surface area (Å²) in [7, 11) is 0. The Morgan fingerprint density at radius 3 is 2.59 bits per heavy atom. The summed E-state index contributed by atoms with van der Waals surface area (Å²) in [4.78, 5) is 24.6. The van der Waals surface area contributed by atoms with Gasteiger partial charge in [-0.3, -0.25) is 25.0 Å². The van der Waals surface area contributed by atoms with Gasteiger partial charge in [-0.15, -0.1) is 0 Å². The number of hydrogen-bond donors (Lipinski definition) is 3. The molecule has 0 saturated heterocycles. The van der Waals surface area contributed by atoms with Crippen LogP contribution in [0.25, 0.3) is 55.8 Å². The molecule has 10 heteroatoms. The molecule has 6 aromatic rings. The molecule has 154 valence electrons. The maximum atomic E-state index is 15.6. The van der Waals surface area contributed by atoms with Gasteiger partial charge in [0.1, 0.15) is 16.9 Å². The van der Waals surface area contributed by atoms with Crippen LogP contribution in [0.3, 0.4) is 0 Å². The Balaban J connectivity index is 1.55. The molecule has 0 aliphatic heterocycles. The Morgan fingerprint density at radius 1 is 0.875 bits per heavy atom. The number of nitrogens with one attached hydrogen (secondary N) is 2. The zero-order chi connectivity index (χ0) is 21.7. The van der Waals surface area contributed by atoms with Crippen LogP contribution in [-0.4, -0.2) is 40.1 Å². The van der Waals surface area contributed by atoms with E-state index in [1.807, 2.05) is 12.1 Å². The van der Waals surface area contributed by atoms with Crippen LogP contribution in [0.1, 0.15) is 0 Å². The second-order valence-electron chi connectivity index (χ2n) is 7.20. The van der Waals surface area contributed by atoms with Gasteiger partial charge in [0.25, 0.3) is 0 Å². The molecule has 0 amide bonds. The van der Waals surface area contributed by atoms with E-state index in [4.69, 9.17) is 10.7 Å². The Bertz CT molecular complexity index is 1600. The van der Waals surface area contributed by atoms with Gasteiger partial charge < -0.3 is 10.7 Å². The second kappa shape index (κ2) is 6.91. The topological polar surface area (TPSA) is 135 Å². The van der Waals surface area contributed by atoms with Gasteiger partial charge in [0.2, 0.25) is 0 Å². The van der Waals surface area contributed by atoms with Gasteiger partial charge in [-0.05, 0) is 12.1 Å². The Labute approximate surface area is 179 Å². The molecular weight excluding hydrogens is 409 g/mol. The summed E-state index contributed by atoms with van der Waals surface area (Å²) < 4.78 is 15.6. The number of rotatable bonds is 3. The molecule has 0 aliphatic carbocycles. The third kappa shape index (κ3) is 2.77. The Morgan fingerprint density at radius 2 is 1.75 bits per heavy atom. The fraction of sp³-hybridized carbons (Fsp3) is 0. The summed E-state index contributed by atoms with van der Waals surface area (Å²) in [6.45, 7) is 0. The number of pyridine rings is 4. The molecule has 32 heavy (non-hydrogen) atoms. The van der Waals surface area contributed by atoms with Gasteiger partial charge in [-0.25, -0.2) is 9.37 Å². The van der Waals surface area contributed by atoms with Crippen LogP contribution in [-0.2, 0) is 0 Å². The predicted octanol–water partition coefficient (Wildman–Crippen LogP) is 3.74. The molecule has 0 fully saturated rings. The van der Waals surface area contributed by atoms with E-state index in [1.165, 1.54) is 18.6 Å². The highest BCUT2D eigenvalue weighted by Gasteiger charge is 2.21. The van der Waals surface area contributed by atoms with Crippen molar-refractivity contribution in [3.05, 3.63) is 67.4 Å². The average molecular weight is 423 g/mol. The normalized spacial score (nSPS) is 11.4. The van der Waals surface area contributed by atoms with E-state index >= 15 is 4.39 Å². The van der Waals surface area contributed by atoms with Crippen LogP contribution in [0, 0.1) is 5.82 Å². The van der Waals surface area contributed by atoms with Crippen molar-refractivity contribution in [1.29, 1.82) is 0 Å². The molecule has 6 heterocycles. The summed E-state index contributed by atoms with van der Waals surface area (Å²) in [6, 6.07) is 5.40. The van der Waals surface area contributed by atoms with Crippen LogP contribution < -0.4 is 5.73 Å². The van der Waals surface area contributed by atoms with Gasteiger partial charge >= 0.3 is 0 Å². The first-order valence-electron chi connectivity index (χ1n) is 9.67. The summed E-state index contributed by atoms with van der Waals surface area (Å²) in [5.41, 5.74) is 10.7. The minimum Gasteiger partial charge on any atom is -0.397 e. The zero-order valence-corrected chi connectivity index (χ0v) is 16.4. The lowest BCUT2D eigenvalue weighted by Gasteiger charge is -2.04. The third-order valence-corrected chi connectivity index (χ3v) is 5.17. The van der Waals surface area contributed by atoms with Crippen molar-refractivity contribution in [3.8, 4) is 33.9 Å². The van der Waals surface area contributed by atoms with Gasteiger partial charge in [0, 0.05) is 47.7 Å². The number of fused-ring (bicyclic) bond motifs is 2. The average Bonchev–Trinajstić information content (AvgIpc) is 3.44. The molecule has 0 unspecified atom stereocenters. The lowest BCUT2D eigenvalue weighted by molar-refractivity contribution is 0.638. The minimum absolute atomic E-state index is 0.133. The van der Waals surface area contributed by atoms with Crippen molar-refractivity contribution in [2.45, 2.75) is 0 Å². The first kappa shape index (κ1) is 18.1. The number of aromatic nitrogens is 8. The van der Waals surface area contributed by atoms with Gasteiger partial charge in [-0.2, -0.15) is 5.10 Å². The standard InChI is InChI=1S/C22H14FN9/c23-18-17-15(10-28-19(18)12-4-13(24)7-26-6-12)31-32-21(17)22-29-16-9-27-8-14(20(16)30-22)11-2-1-3-25-5-11/h1-10H,24H2,(H,29,30)(H,31,32). The van der Waals surface area contributed by atoms with E-state index < -0.39 is 5.82 Å². The molecule has 6 rings (SSSR count). The Kier molecular flexibility index (Phi) is 3.90. The number of nitrogens with zero attached hydrogens (tertiary/aromatic N) is 6. The molecule has 0 radical (unpaired) electrons. The van der Waals surface area contributed by atoms with Crippen molar-refractivity contribution < 1.29 is 4.39 Å². The van der Waals surface area contributed by atoms with Crippen molar-refractivity contribution in [3.63, 3.8) is 0 Å². The number of halogens is 1. The SMILES string of the molecule is Nc1cncc(-c2ncc3[nH]nc(-c4nc5c(-c6cccnc6)cncc5[nH]4)c3c2F)c1. The maximum absolute atomic E-state index is 15.6. The molecule has 0 bridgehead atoms. The van der Waals surface area contributed by atoms with Crippen molar-refractivity contribution >= 4 is 27.6 Å². The van der Waals surface area contributed by atoms with Gasteiger partial charge in [0.15, 0.2) is 11.6 Å². The van der Waals surface area contributed by atoms with E-state index in [2.05, 4.69) is 35.1 Å². The van der Waals surface area contributed by atoms with Crippen LogP contribution in [0.5, 0.6) is 0 Å². The van der Waals surface area contributed by atoms with Gasteiger partial charge in [-0.1, -0.05) is 6.07 Å². The first-order chi connectivity index (χ1) is 15.7. The quantitative estimate of drug-likeness (QED) is 0.394. The highest BCUT2D eigenvalue weighted by molar-refractivity contribution is 5.97. The summed E-state index contributed by atoms with van der Waals surface area (Å²) in [5, 5.41) is 7.41. The van der Waals surface area contributed by atoms with E-state index in [0.717, 1.165) is 11.1 Å². The third-order valence-electron chi connectivity index (χ3n) is 5.17. The number of hydrogen-bond acceptors (Lipinski definition) is 7. The molecule has 0 aromatic carbocycles. The fourth-order valence-corrected chi connectivity index (χ4v) is 3.71. The minimum atomic E-state index is -0.537.